The minimum absolute atomic E-state index is 0.453. The monoisotopic (exact) mass is 254 g/mol. The van der Waals surface area contributed by atoms with Crippen LogP contribution < -0.4 is 0 Å². The molecule has 0 unspecified atom stereocenters. The standard InChI is InChI=1S/C12H11ClS2/c13-11-5-2-10(3-6-11)4-7-12-14-8-1-9-15-12/h2-3,5-6,12H,1,8-9H2. The first kappa shape index (κ1) is 11.3. The molecule has 0 nitrogen and oxygen atoms in total. The zero-order valence-electron chi connectivity index (χ0n) is 8.20. The summed E-state index contributed by atoms with van der Waals surface area (Å²) in [7, 11) is 0. The minimum Gasteiger partial charge on any atom is -0.135 e. The van der Waals surface area contributed by atoms with Gasteiger partial charge in [0.05, 0.1) is 0 Å². The smallest absolute Gasteiger partial charge is 0.111 e. The van der Waals surface area contributed by atoms with Crippen molar-refractivity contribution in [3.05, 3.63) is 34.9 Å². The average Bonchev–Trinajstić information content (AvgIpc) is 2.30. The quantitative estimate of drug-likeness (QED) is 0.645. The molecular weight excluding hydrogens is 244 g/mol. The summed E-state index contributed by atoms with van der Waals surface area (Å²) in [6.45, 7) is 0. The van der Waals surface area contributed by atoms with Crippen LogP contribution in [0.5, 0.6) is 0 Å². The normalized spacial score (nSPS) is 16.9. The number of benzene rings is 1. The highest BCUT2D eigenvalue weighted by Crippen LogP contribution is 2.29. The van der Waals surface area contributed by atoms with Crippen LogP contribution in [0, 0.1) is 11.8 Å². The highest BCUT2D eigenvalue weighted by Gasteiger charge is 2.10. The highest BCUT2D eigenvalue weighted by molar-refractivity contribution is 8.17. The van der Waals surface area contributed by atoms with Crippen LogP contribution in [0.1, 0.15) is 12.0 Å². The Morgan fingerprint density at radius 2 is 1.80 bits per heavy atom. The molecule has 1 aliphatic heterocycles. The first-order chi connectivity index (χ1) is 7.34. The Morgan fingerprint density at radius 3 is 2.47 bits per heavy atom. The lowest BCUT2D eigenvalue weighted by Crippen LogP contribution is -2.03. The van der Waals surface area contributed by atoms with Crippen molar-refractivity contribution < 1.29 is 0 Å². The zero-order valence-corrected chi connectivity index (χ0v) is 10.6. The van der Waals surface area contributed by atoms with E-state index in [2.05, 4.69) is 11.8 Å². The van der Waals surface area contributed by atoms with Crippen molar-refractivity contribution >= 4 is 35.1 Å². The first-order valence-electron chi connectivity index (χ1n) is 4.85. The van der Waals surface area contributed by atoms with Gasteiger partial charge in [-0.15, -0.1) is 23.5 Å². The number of halogens is 1. The predicted octanol–water partition coefficient (Wildman–Crippen LogP) is 3.89. The van der Waals surface area contributed by atoms with Gasteiger partial charge in [-0.05, 0) is 42.2 Å². The van der Waals surface area contributed by atoms with Crippen molar-refractivity contribution in [2.45, 2.75) is 11.0 Å². The number of thioether (sulfide) groups is 2. The van der Waals surface area contributed by atoms with Gasteiger partial charge in [-0.1, -0.05) is 23.4 Å². The van der Waals surface area contributed by atoms with Crippen LogP contribution in [0.2, 0.25) is 5.02 Å². The molecule has 1 fully saturated rings. The van der Waals surface area contributed by atoms with Crippen molar-refractivity contribution in [3.63, 3.8) is 0 Å². The molecule has 3 heteroatoms. The maximum absolute atomic E-state index is 5.80. The molecule has 0 radical (unpaired) electrons. The van der Waals surface area contributed by atoms with Gasteiger partial charge < -0.3 is 0 Å². The zero-order chi connectivity index (χ0) is 10.5. The number of hydrogen-bond donors (Lipinski definition) is 0. The summed E-state index contributed by atoms with van der Waals surface area (Å²) in [5.41, 5.74) is 1.05. The molecule has 0 aliphatic carbocycles. The lowest BCUT2D eigenvalue weighted by atomic mass is 10.2. The summed E-state index contributed by atoms with van der Waals surface area (Å²) in [6.07, 6.45) is 1.31. The summed E-state index contributed by atoms with van der Waals surface area (Å²) >= 11 is 9.70. The highest BCUT2D eigenvalue weighted by atomic mass is 35.5. The van der Waals surface area contributed by atoms with Crippen molar-refractivity contribution in [2.24, 2.45) is 0 Å². The molecule has 0 bridgehead atoms. The molecule has 0 amide bonds. The molecule has 15 heavy (non-hydrogen) atoms. The van der Waals surface area contributed by atoms with Gasteiger partial charge in [0.15, 0.2) is 0 Å². The fraction of sp³-hybridized carbons (Fsp3) is 0.333. The summed E-state index contributed by atoms with van der Waals surface area (Å²) in [5, 5.41) is 0.766. The van der Waals surface area contributed by atoms with E-state index < -0.39 is 0 Å². The Morgan fingerprint density at radius 1 is 1.13 bits per heavy atom. The lowest BCUT2D eigenvalue weighted by Gasteiger charge is -2.14. The maximum Gasteiger partial charge on any atom is 0.111 e. The molecule has 2 rings (SSSR count). The Bertz CT molecular complexity index is 369. The van der Waals surface area contributed by atoms with Gasteiger partial charge in [-0.25, -0.2) is 0 Å². The van der Waals surface area contributed by atoms with E-state index in [9.17, 15) is 0 Å². The van der Waals surface area contributed by atoms with Gasteiger partial charge in [0.25, 0.3) is 0 Å². The Hall–Kier alpha value is -0.230. The predicted molar refractivity (Wildman–Crippen MR) is 71.7 cm³/mol. The second-order valence-corrected chi connectivity index (χ2v) is 6.36. The van der Waals surface area contributed by atoms with Crippen LogP contribution >= 0.6 is 35.1 Å². The van der Waals surface area contributed by atoms with Crippen LogP contribution in [0.4, 0.5) is 0 Å². The van der Waals surface area contributed by atoms with E-state index in [0.29, 0.717) is 4.58 Å². The molecule has 1 heterocycles. The topological polar surface area (TPSA) is 0 Å². The van der Waals surface area contributed by atoms with Gasteiger partial charge in [0.2, 0.25) is 0 Å². The van der Waals surface area contributed by atoms with Crippen molar-refractivity contribution in [3.8, 4) is 11.8 Å². The molecule has 0 spiro atoms. The first-order valence-corrected chi connectivity index (χ1v) is 7.32. The van der Waals surface area contributed by atoms with E-state index >= 15 is 0 Å². The van der Waals surface area contributed by atoms with Crippen LogP contribution in [0.25, 0.3) is 0 Å². The van der Waals surface area contributed by atoms with Crippen LogP contribution in [0.3, 0.4) is 0 Å². The minimum atomic E-state index is 0.453. The van der Waals surface area contributed by atoms with Gasteiger partial charge in [-0.2, -0.15) is 0 Å². The molecular formula is C12H11ClS2. The molecule has 1 aromatic rings. The van der Waals surface area contributed by atoms with Crippen molar-refractivity contribution in [1.82, 2.24) is 0 Å². The van der Waals surface area contributed by atoms with E-state index in [1.165, 1.54) is 17.9 Å². The molecule has 1 aliphatic rings. The van der Waals surface area contributed by atoms with Gasteiger partial charge in [-0.3, -0.25) is 0 Å². The lowest BCUT2D eigenvalue weighted by molar-refractivity contribution is 1.11. The molecule has 0 atom stereocenters. The third-order valence-corrected chi connectivity index (χ3v) is 4.96. The number of rotatable bonds is 0. The molecule has 1 aromatic carbocycles. The third kappa shape index (κ3) is 3.68. The maximum atomic E-state index is 5.80. The summed E-state index contributed by atoms with van der Waals surface area (Å²) in [5.74, 6) is 8.97. The van der Waals surface area contributed by atoms with E-state index in [4.69, 9.17) is 11.6 Å². The van der Waals surface area contributed by atoms with E-state index in [0.717, 1.165) is 10.6 Å². The van der Waals surface area contributed by atoms with Crippen LogP contribution in [0.15, 0.2) is 24.3 Å². The van der Waals surface area contributed by atoms with Crippen molar-refractivity contribution in [1.29, 1.82) is 0 Å². The molecule has 78 valence electrons. The fourth-order valence-electron chi connectivity index (χ4n) is 1.25. The van der Waals surface area contributed by atoms with Gasteiger partial charge in [0.1, 0.15) is 4.58 Å². The summed E-state index contributed by atoms with van der Waals surface area (Å²) in [4.78, 5) is 0. The summed E-state index contributed by atoms with van der Waals surface area (Å²) in [6, 6.07) is 7.69. The SMILES string of the molecule is Clc1ccc(C#CC2SCCCS2)cc1. The third-order valence-electron chi connectivity index (χ3n) is 2.01. The second-order valence-electron chi connectivity index (χ2n) is 3.20. The number of hydrogen-bond acceptors (Lipinski definition) is 2. The van der Waals surface area contributed by atoms with E-state index in [1.807, 2.05) is 47.8 Å². The molecule has 0 aromatic heterocycles. The largest absolute Gasteiger partial charge is 0.135 e. The van der Waals surface area contributed by atoms with Crippen molar-refractivity contribution in [2.75, 3.05) is 11.5 Å². The van der Waals surface area contributed by atoms with Gasteiger partial charge in [0, 0.05) is 10.6 Å². The van der Waals surface area contributed by atoms with Crippen LogP contribution in [-0.4, -0.2) is 16.1 Å². The molecule has 1 saturated heterocycles. The fourth-order valence-corrected chi connectivity index (χ4v) is 3.85. The average molecular weight is 255 g/mol. The van der Waals surface area contributed by atoms with E-state index in [-0.39, 0.29) is 0 Å². The molecule has 0 N–H and O–H groups in total. The second kappa shape index (κ2) is 5.75. The Balaban J connectivity index is 2.00. The van der Waals surface area contributed by atoms with E-state index in [1.54, 1.807) is 0 Å². The summed E-state index contributed by atoms with van der Waals surface area (Å²) < 4.78 is 0.453. The Kier molecular flexibility index (Phi) is 4.31. The van der Waals surface area contributed by atoms with Gasteiger partial charge >= 0.3 is 0 Å². The van der Waals surface area contributed by atoms with Crippen LogP contribution in [-0.2, 0) is 0 Å². The molecule has 0 saturated carbocycles. The Labute approximate surface area is 104 Å².